The Balaban J connectivity index is 1.56. The smallest absolute Gasteiger partial charge is 0.343 e. The van der Waals surface area contributed by atoms with E-state index in [1.54, 1.807) is 42.6 Å². The van der Waals surface area contributed by atoms with Gasteiger partial charge in [0.1, 0.15) is 5.75 Å². The Labute approximate surface area is 205 Å². The molecule has 0 aliphatic heterocycles. The molecule has 2 rings (SSSR count). The van der Waals surface area contributed by atoms with E-state index in [1.807, 2.05) is 19.1 Å². The number of nitrogens with one attached hydrogen (secondary N) is 1. The molecule has 0 aliphatic carbocycles. The Hall–Kier alpha value is -2.95. The highest BCUT2D eigenvalue weighted by Gasteiger charge is 2.08. The van der Waals surface area contributed by atoms with Gasteiger partial charge in [-0.3, -0.25) is 4.79 Å². The van der Waals surface area contributed by atoms with Crippen molar-refractivity contribution in [3.63, 3.8) is 0 Å². The average molecular weight is 465 g/mol. The van der Waals surface area contributed by atoms with Crippen molar-refractivity contribution in [1.82, 2.24) is 5.43 Å². The number of benzene rings is 2. The van der Waals surface area contributed by atoms with E-state index in [9.17, 15) is 9.59 Å². The standard InChI is InChI=1S/C29H40N2O3/c1-3-4-5-6-7-8-9-10-11-12-13-17-28(32)31-30-23-25-18-20-27(21-19-25)34-29(33)26-16-14-15-24(2)22-26/h14-16,18-23H,3-13,17H2,1-2H3,(H,31,32)/b30-23-. The number of esters is 1. The van der Waals surface area contributed by atoms with Crippen molar-refractivity contribution in [3.8, 4) is 5.75 Å². The monoisotopic (exact) mass is 464 g/mol. The third-order valence-electron chi connectivity index (χ3n) is 5.75. The van der Waals surface area contributed by atoms with E-state index in [2.05, 4.69) is 17.5 Å². The molecule has 0 atom stereocenters. The van der Waals surface area contributed by atoms with Gasteiger partial charge in [0.25, 0.3) is 0 Å². The van der Waals surface area contributed by atoms with Crippen molar-refractivity contribution >= 4 is 18.1 Å². The van der Waals surface area contributed by atoms with Crippen LogP contribution >= 0.6 is 0 Å². The van der Waals surface area contributed by atoms with E-state index < -0.39 is 0 Å². The van der Waals surface area contributed by atoms with Gasteiger partial charge in [-0.25, -0.2) is 10.2 Å². The normalized spacial score (nSPS) is 11.0. The van der Waals surface area contributed by atoms with E-state index >= 15 is 0 Å². The zero-order valence-corrected chi connectivity index (χ0v) is 20.9. The number of unbranched alkanes of at least 4 members (excludes halogenated alkanes) is 10. The Morgan fingerprint density at radius 2 is 1.47 bits per heavy atom. The topological polar surface area (TPSA) is 67.8 Å². The van der Waals surface area contributed by atoms with E-state index in [0.717, 1.165) is 24.0 Å². The zero-order valence-electron chi connectivity index (χ0n) is 20.9. The van der Waals surface area contributed by atoms with Gasteiger partial charge >= 0.3 is 5.97 Å². The van der Waals surface area contributed by atoms with Crippen LogP contribution < -0.4 is 10.2 Å². The fourth-order valence-electron chi connectivity index (χ4n) is 3.74. The van der Waals surface area contributed by atoms with E-state index in [4.69, 9.17) is 4.74 Å². The number of amides is 1. The van der Waals surface area contributed by atoms with Crippen LogP contribution in [0.1, 0.15) is 105 Å². The molecule has 0 heterocycles. The highest BCUT2D eigenvalue weighted by Crippen LogP contribution is 2.15. The highest BCUT2D eigenvalue weighted by atomic mass is 16.5. The number of ether oxygens (including phenoxy) is 1. The Morgan fingerprint density at radius 3 is 2.09 bits per heavy atom. The molecule has 0 fully saturated rings. The molecule has 2 aromatic carbocycles. The molecule has 0 radical (unpaired) electrons. The van der Waals surface area contributed by atoms with Gasteiger partial charge in [0, 0.05) is 6.42 Å². The Bertz CT molecular complexity index is 891. The number of carbonyl (C=O) groups excluding carboxylic acids is 2. The van der Waals surface area contributed by atoms with Crippen molar-refractivity contribution in [1.29, 1.82) is 0 Å². The summed E-state index contributed by atoms with van der Waals surface area (Å²) in [4.78, 5) is 24.2. The third kappa shape index (κ3) is 11.8. The van der Waals surface area contributed by atoms with Gasteiger partial charge in [-0.05, 0) is 55.3 Å². The fraction of sp³-hybridized carbons (Fsp3) is 0.483. The average Bonchev–Trinajstić information content (AvgIpc) is 2.83. The van der Waals surface area contributed by atoms with Crippen LogP contribution in [0.3, 0.4) is 0 Å². The van der Waals surface area contributed by atoms with Crippen molar-refractivity contribution in [2.75, 3.05) is 0 Å². The van der Waals surface area contributed by atoms with Gasteiger partial charge < -0.3 is 4.74 Å². The maximum absolute atomic E-state index is 12.2. The van der Waals surface area contributed by atoms with Crippen LogP contribution in [0, 0.1) is 6.92 Å². The molecule has 2 aromatic rings. The lowest BCUT2D eigenvalue weighted by Crippen LogP contribution is -2.16. The van der Waals surface area contributed by atoms with Gasteiger partial charge in [0.2, 0.25) is 5.91 Å². The predicted octanol–water partition coefficient (Wildman–Crippen LogP) is 7.37. The first-order valence-electron chi connectivity index (χ1n) is 12.8. The molecule has 5 nitrogen and oxygen atoms in total. The summed E-state index contributed by atoms with van der Waals surface area (Å²) in [7, 11) is 0. The number of hydrazone groups is 1. The lowest BCUT2D eigenvalue weighted by atomic mass is 10.1. The number of hydrogen-bond acceptors (Lipinski definition) is 4. The summed E-state index contributed by atoms with van der Waals surface area (Å²) in [6, 6.07) is 14.3. The van der Waals surface area contributed by atoms with E-state index in [-0.39, 0.29) is 11.9 Å². The summed E-state index contributed by atoms with van der Waals surface area (Å²) in [5, 5.41) is 4.03. The van der Waals surface area contributed by atoms with Crippen LogP contribution in [0.5, 0.6) is 5.75 Å². The second-order valence-corrected chi connectivity index (χ2v) is 8.91. The minimum absolute atomic E-state index is 0.0594. The molecule has 0 bridgehead atoms. The summed E-state index contributed by atoms with van der Waals surface area (Å²) in [6.45, 7) is 4.18. The van der Waals surface area contributed by atoms with Crippen molar-refractivity contribution < 1.29 is 14.3 Å². The third-order valence-corrected chi connectivity index (χ3v) is 5.75. The number of rotatable bonds is 16. The van der Waals surface area contributed by atoms with Crippen LogP contribution in [0.15, 0.2) is 53.6 Å². The second kappa shape index (κ2) is 16.6. The Morgan fingerprint density at radius 1 is 0.853 bits per heavy atom. The molecule has 5 heteroatoms. The zero-order chi connectivity index (χ0) is 24.4. The molecule has 34 heavy (non-hydrogen) atoms. The molecular weight excluding hydrogens is 424 g/mol. The number of aryl methyl sites for hydroxylation is 1. The SMILES string of the molecule is CCCCCCCCCCCCCC(=O)N/N=C\c1ccc(OC(=O)c2cccc(C)c2)cc1. The lowest BCUT2D eigenvalue weighted by molar-refractivity contribution is -0.121. The van der Waals surface area contributed by atoms with Crippen LogP contribution in [0.4, 0.5) is 0 Å². The van der Waals surface area contributed by atoms with Gasteiger partial charge in [0.05, 0.1) is 11.8 Å². The quantitative estimate of drug-likeness (QED) is 0.0927. The second-order valence-electron chi connectivity index (χ2n) is 8.91. The lowest BCUT2D eigenvalue weighted by Gasteiger charge is -2.05. The molecule has 184 valence electrons. The summed E-state index contributed by atoms with van der Waals surface area (Å²) in [5.74, 6) is 0.0138. The number of carbonyl (C=O) groups is 2. The molecular formula is C29H40N2O3. The van der Waals surface area contributed by atoms with E-state index in [1.165, 1.54) is 57.8 Å². The largest absolute Gasteiger partial charge is 0.423 e. The van der Waals surface area contributed by atoms with Crippen LogP contribution in [-0.2, 0) is 4.79 Å². The minimum Gasteiger partial charge on any atom is -0.423 e. The molecule has 0 aromatic heterocycles. The number of nitrogens with zero attached hydrogens (tertiary/aromatic N) is 1. The summed E-state index contributed by atoms with van der Waals surface area (Å²) < 4.78 is 5.41. The van der Waals surface area contributed by atoms with Crippen LogP contribution in [-0.4, -0.2) is 18.1 Å². The number of hydrogen-bond donors (Lipinski definition) is 1. The molecule has 1 amide bonds. The maximum atomic E-state index is 12.2. The van der Waals surface area contributed by atoms with Crippen molar-refractivity contribution in [2.24, 2.45) is 5.10 Å². The summed E-state index contributed by atoms with van der Waals surface area (Å²) >= 11 is 0. The minimum atomic E-state index is -0.389. The summed E-state index contributed by atoms with van der Waals surface area (Å²) in [5.41, 5.74) is 4.92. The van der Waals surface area contributed by atoms with Gasteiger partial charge in [-0.1, -0.05) is 88.8 Å². The molecule has 0 saturated heterocycles. The van der Waals surface area contributed by atoms with Crippen molar-refractivity contribution in [2.45, 2.75) is 90.9 Å². The van der Waals surface area contributed by atoms with Crippen molar-refractivity contribution in [3.05, 3.63) is 65.2 Å². The predicted molar refractivity (Wildman–Crippen MR) is 139 cm³/mol. The van der Waals surface area contributed by atoms with Crippen LogP contribution in [0.25, 0.3) is 0 Å². The van der Waals surface area contributed by atoms with Gasteiger partial charge in [-0.2, -0.15) is 5.10 Å². The van der Waals surface area contributed by atoms with E-state index in [0.29, 0.717) is 17.7 Å². The maximum Gasteiger partial charge on any atom is 0.343 e. The molecule has 0 saturated carbocycles. The molecule has 0 unspecified atom stereocenters. The molecule has 0 spiro atoms. The van der Waals surface area contributed by atoms with Gasteiger partial charge in [-0.15, -0.1) is 0 Å². The molecule has 0 aliphatic rings. The fourth-order valence-corrected chi connectivity index (χ4v) is 3.74. The van der Waals surface area contributed by atoms with Crippen LogP contribution in [0.2, 0.25) is 0 Å². The first-order chi connectivity index (χ1) is 16.6. The van der Waals surface area contributed by atoms with Gasteiger partial charge in [0.15, 0.2) is 0 Å². The first kappa shape index (κ1) is 27.3. The Kier molecular flexibility index (Phi) is 13.4. The highest BCUT2D eigenvalue weighted by molar-refractivity contribution is 5.91. The summed E-state index contributed by atoms with van der Waals surface area (Å²) in [6.07, 6.45) is 16.0. The molecule has 1 N–H and O–H groups in total. The first-order valence-corrected chi connectivity index (χ1v) is 12.8.